The smallest absolute Gasteiger partial charge is 0.243 e. The molecule has 2 amide bonds. The van der Waals surface area contributed by atoms with Crippen LogP contribution in [0.15, 0.2) is 23.1 Å². The topological polar surface area (TPSA) is 86.8 Å². The van der Waals surface area contributed by atoms with Crippen LogP contribution in [0.1, 0.15) is 31.7 Å². The van der Waals surface area contributed by atoms with E-state index in [1.807, 2.05) is 6.92 Å². The zero-order valence-electron chi connectivity index (χ0n) is 14.3. The van der Waals surface area contributed by atoms with Crippen molar-refractivity contribution in [1.29, 1.82) is 0 Å². The number of aryl methyl sites for hydroxylation is 1. The van der Waals surface area contributed by atoms with Crippen molar-refractivity contribution >= 4 is 27.5 Å². The third-order valence-electron chi connectivity index (χ3n) is 4.67. The number of benzene rings is 1. The highest BCUT2D eigenvalue weighted by Gasteiger charge is 2.30. The van der Waals surface area contributed by atoms with Crippen LogP contribution in [-0.4, -0.2) is 55.6 Å². The van der Waals surface area contributed by atoms with E-state index >= 15 is 0 Å². The molecule has 3 rings (SSSR count). The number of carbonyl (C=O) groups excluding carboxylic acids is 2. The first-order valence-electron chi connectivity index (χ1n) is 8.62. The van der Waals surface area contributed by atoms with Crippen LogP contribution in [-0.2, 0) is 26.0 Å². The van der Waals surface area contributed by atoms with Crippen LogP contribution in [0.3, 0.4) is 0 Å². The maximum absolute atomic E-state index is 12.9. The van der Waals surface area contributed by atoms with Gasteiger partial charge in [0.1, 0.15) is 0 Å². The van der Waals surface area contributed by atoms with Gasteiger partial charge in [0.25, 0.3) is 0 Å². The third kappa shape index (κ3) is 3.69. The zero-order valence-corrected chi connectivity index (χ0v) is 15.1. The van der Waals surface area contributed by atoms with Crippen molar-refractivity contribution in [3.63, 3.8) is 0 Å². The van der Waals surface area contributed by atoms with E-state index in [0.29, 0.717) is 51.1 Å². The van der Waals surface area contributed by atoms with E-state index in [4.69, 9.17) is 0 Å². The Balaban J connectivity index is 1.73. The minimum absolute atomic E-state index is 0.0454. The van der Waals surface area contributed by atoms with E-state index in [-0.39, 0.29) is 16.7 Å². The van der Waals surface area contributed by atoms with Gasteiger partial charge in [0.05, 0.1) is 4.90 Å². The lowest BCUT2D eigenvalue weighted by Gasteiger charge is -2.34. The van der Waals surface area contributed by atoms with E-state index in [9.17, 15) is 18.0 Å². The van der Waals surface area contributed by atoms with Gasteiger partial charge in [-0.05, 0) is 36.6 Å². The predicted molar refractivity (Wildman–Crippen MR) is 93.6 cm³/mol. The molecule has 2 heterocycles. The van der Waals surface area contributed by atoms with Gasteiger partial charge in [0.15, 0.2) is 0 Å². The van der Waals surface area contributed by atoms with E-state index < -0.39 is 10.0 Å². The molecular formula is C17H23N3O4S. The molecule has 8 heteroatoms. The zero-order chi connectivity index (χ0) is 18.0. The molecular weight excluding hydrogens is 342 g/mol. The second-order valence-electron chi connectivity index (χ2n) is 6.40. The average Bonchev–Trinajstić information content (AvgIpc) is 2.61. The number of anilines is 1. The maximum atomic E-state index is 12.9. The molecule has 0 saturated carbocycles. The van der Waals surface area contributed by atoms with Crippen LogP contribution >= 0.6 is 0 Å². The predicted octanol–water partition coefficient (Wildman–Crippen LogP) is 1.20. The monoisotopic (exact) mass is 365 g/mol. The Morgan fingerprint density at radius 3 is 2.56 bits per heavy atom. The summed E-state index contributed by atoms with van der Waals surface area (Å²) in [5.41, 5.74) is 1.53. The molecule has 0 radical (unpaired) electrons. The van der Waals surface area contributed by atoms with Gasteiger partial charge in [-0.25, -0.2) is 8.42 Å². The Kier molecular flexibility index (Phi) is 5.10. The number of nitrogens with one attached hydrogen (secondary N) is 1. The summed E-state index contributed by atoms with van der Waals surface area (Å²) in [4.78, 5) is 25.3. The molecule has 0 aromatic heterocycles. The van der Waals surface area contributed by atoms with E-state index in [0.717, 1.165) is 12.0 Å². The van der Waals surface area contributed by atoms with Crippen LogP contribution in [0, 0.1) is 0 Å². The lowest BCUT2D eigenvalue weighted by atomic mass is 10.0. The Morgan fingerprint density at radius 1 is 1.16 bits per heavy atom. The summed E-state index contributed by atoms with van der Waals surface area (Å²) < 4.78 is 27.2. The van der Waals surface area contributed by atoms with Crippen LogP contribution in [0.2, 0.25) is 0 Å². The van der Waals surface area contributed by atoms with Crippen molar-refractivity contribution < 1.29 is 18.0 Å². The van der Waals surface area contributed by atoms with Crippen molar-refractivity contribution in [3.05, 3.63) is 23.8 Å². The SMILES string of the molecule is CCCC(=O)N1CCN(S(=O)(=O)c2ccc3c(c2)CCC(=O)N3)CC1. The van der Waals surface area contributed by atoms with Gasteiger partial charge < -0.3 is 10.2 Å². The molecule has 1 saturated heterocycles. The Hall–Kier alpha value is -1.93. The number of fused-ring (bicyclic) bond motifs is 1. The molecule has 136 valence electrons. The number of sulfonamides is 1. The van der Waals surface area contributed by atoms with Gasteiger partial charge >= 0.3 is 0 Å². The summed E-state index contributed by atoms with van der Waals surface area (Å²) in [6.07, 6.45) is 2.21. The Morgan fingerprint density at radius 2 is 1.88 bits per heavy atom. The highest BCUT2D eigenvalue weighted by Crippen LogP contribution is 2.27. The largest absolute Gasteiger partial charge is 0.340 e. The molecule has 1 N–H and O–H groups in total. The molecule has 0 bridgehead atoms. The molecule has 2 aliphatic rings. The number of hydrogen-bond acceptors (Lipinski definition) is 4. The van der Waals surface area contributed by atoms with Crippen molar-refractivity contribution in [2.75, 3.05) is 31.5 Å². The molecule has 2 aliphatic heterocycles. The molecule has 1 fully saturated rings. The summed E-state index contributed by atoms with van der Waals surface area (Å²) in [5, 5.41) is 2.76. The van der Waals surface area contributed by atoms with Crippen molar-refractivity contribution in [1.82, 2.24) is 9.21 Å². The van der Waals surface area contributed by atoms with Crippen LogP contribution in [0.25, 0.3) is 0 Å². The fourth-order valence-corrected chi connectivity index (χ4v) is 4.69. The van der Waals surface area contributed by atoms with E-state index in [1.165, 1.54) is 10.4 Å². The van der Waals surface area contributed by atoms with Crippen LogP contribution < -0.4 is 5.32 Å². The second kappa shape index (κ2) is 7.13. The Labute approximate surface area is 148 Å². The van der Waals surface area contributed by atoms with Crippen LogP contribution in [0.5, 0.6) is 0 Å². The van der Waals surface area contributed by atoms with Crippen molar-refractivity contribution in [2.45, 2.75) is 37.5 Å². The molecule has 25 heavy (non-hydrogen) atoms. The van der Waals surface area contributed by atoms with Gasteiger partial charge in [-0.3, -0.25) is 9.59 Å². The van der Waals surface area contributed by atoms with Gasteiger partial charge in [-0.15, -0.1) is 0 Å². The fraction of sp³-hybridized carbons (Fsp3) is 0.529. The lowest BCUT2D eigenvalue weighted by Crippen LogP contribution is -2.50. The number of rotatable bonds is 4. The number of carbonyl (C=O) groups is 2. The molecule has 0 atom stereocenters. The van der Waals surface area contributed by atoms with E-state index in [1.54, 1.807) is 17.0 Å². The summed E-state index contributed by atoms with van der Waals surface area (Å²) in [6.45, 7) is 3.44. The summed E-state index contributed by atoms with van der Waals surface area (Å²) in [5.74, 6) is 0.0417. The lowest BCUT2D eigenvalue weighted by molar-refractivity contribution is -0.132. The maximum Gasteiger partial charge on any atom is 0.243 e. The van der Waals surface area contributed by atoms with Crippen LogP contribution in [0.4, 0.5) is 5.69 Å². The number of nitrogens with zero attached hydrogens (tertiary/aromatic N) is 2. The molecule has 0 unspecified atom stereocenters. The Bertz CT molecular complexity index is 783. The average molecular weight is 365 g/mol. The first-order valence-corrected chi connectivity index (χ1v) is 10.1. The fourth-order valence-electron chi connectivity index (χ4n) is 3.22. The van der Waals surface area contributed by atoms with Gasteiger partial charge in [0, 0.05) is 44.7 Å². The molecule has 0 spiro atoms. The first kappa shape index (κ1) is 17.9. The number of hydrogen-bond donors (Lipinski definition) is 1. The second-order valence-corrected chi connectivity index (χ2v) is 8.34. The van der Waals surface area contributed by atoms with Gasteiger partial charge in [-0.1, -0.05) is 6.92 Å². The quantitative estimate of drug-likeness (QED) is 0.869. The summed E-state index contributed by atoms with van der Waals surface area (Å²) in [6, 6.07) is 4.84. The molecule has 7 nitrogen and oxygen atoms in total. The summed E-state index contributed by atoms with van der Waals surface area (Å²) in [7, 11) is -3.59. The van der Waals surface area contributed by atoms with Gasteiger partial charge in [-0.2, -0.15) is 4.31 Å². The highest BCUT2D eigenvalue weighted by molar-refractivity contribution is 7.89. The van der Waals surface area contributed by atoms with Crippen molar-refractivity contribution in [2.24, 2.45) is 0 Å². The standard InChI is InChI=1S/C17H23N3O4S/c1-2-3-17(22)19-8-10-20(11-9-19)25(23,24)14-5-6-15-13(12-14)4-7-16(21)18-15/h5-6,12H,2-4,7-11H2,1H3,(H,18,21). The highest BCUT2D eigenvalue weighted by atomic mass is 32.2. The molecule has 0 aliphatic carbocycles. The third-order valence-corrected chi connectivity index (χ3v) is 6.56. The first-order chi connectivity index (χ1) is 11.9. The minimum atomic E-state index is -3.59. The van der Waals surface area contributed by atoms with Gasteiger partial charge in [0.2, 0.25) is 21.8 Å². The number of piperazine rings is 1. The molecule has 1 aromatic carbocycles. The molecule has 1 aromatic rings. The van der Waals surface area contributed by atoms with Crippen molar-refractivity contribution in [3.8, 4) is 0 Å². The summed E-state index contributed by atoms with van der Waals surface area (Å²) >= 11 is 0. The van der Waals surface area contributed by atoms with E-state index in [2.05, 4.69) is 5.32 Å². The normalized spacial score (nSPS) is 18.6. The number of amides is 2. The minimum Gasteiger partial charge on any atom is -0.340 e.